The molecule has 102 valence electrons. The van der Waals surface area contributed by atoms with E-state index in [0.717, 1.165) is 4.90 Å². The van der Waals surface area contributed by atoms with Crippen molar-refractivity contribution in [2.45, 2.75) is 32.9 Å². The molecule has 1 aromatic heterocycles. The van der Waals surface area contributed by atoms with Gasteiger partial charge < -0.3 is 4.74 Å². The van der Waals surface area contributed by atoms with Gasteiger partial charge in [-0.1, -0.05) is 11.6 Å². The third-order valence-corrected chi connectivity index (χ3v) is 2.74. The van der Waals surface area contributed by atoms with Gasteiger partial charge in [0.05, 0.1) is 12.2 Å². The van der Waals surface area contributed by atoms with Crippen molar-refractivity contribution in [3.8, 4) is 0 Å². The van der Waals surface area contributed by atoms with E-state index in [0.29, 0.717) is 5.69 Å². The fourth-order valence-electron chi connectivity index (χ4n) is 1.60. The number of imide groups is 1. The fraction of sp³-hybridized carbons (Fsp3) is 0.455. The van der Waals surface area contributed by atoms with Crippen LogP contribution in [-0.2, 0) is 11.3 Å². The summed E-state index contributed by atoms with van der Waals surface area (Å²) in [6.07, 6.45) is -0.748. The predicted molar refractivity (Wildman–Crippen MR) is 68.2 cm³/mol. The van der Waals surface area contributed by atoms with E-state index in [4.69, 9.17) is 27.9 Å². The second kappa shape index (κ2) is 4.61. The first-order valence-electron chi connectivity index (χ1n) is 5.46. The van der Waals surface area contributed by atoms with Crippen LogP contribution in [0.15, 0.2) is 0 Å². The molecule has 0 unspecified atom stereocenters. The molecule has 0 radical (unpaired) electrons. The average Bonchev–Trinajstić information content (AvgIpc) is 2.53. The van der Waals surface area contributed by atoms with Gasteiger partial charge in [0, 0.05) is 0 Å². The maximum Gasteiger partial charge on any atom is 0.417 e. The normalized spacial score (nSPS) is 14.6. The highest BCUT2D eigenvalue weighted by Gasteiger charge is 2.38. The number of halogens is 2. The molecule has 0 atom stereocenters. The highest BCUT2D eigenvalue weighted by molar-refractivity contribution is 6.35. The molecule has 0 saturated carbocycles. The number of hydrogen-bond acceptors (Lipinski definition) is 5. The highest BCUT2D eigenvalue weighted by atomic mass is 35.5. The van der Waals surface area contributed by atoms with Crippen molar-refractivity contribution in [1.82, 2.24) is 14.9 Å². The van der Waals surface area contributed by atoms with Gasteiger partial charge in [0.2, 0.25) is 5.28 Å². The van der Waals surface area contributed by atoms with E-state index >= 15 is 0 Å². The maximum absolute atomic E-state index is 12.1. The molecule has 8 heteroatoms. The van der Waals surface area contributed by atoms with E-state index in [1.54, 1.807) is 20.8 Å². The molecule has 0 bridgehead atoms. The summed E-state index contributed by atoms with van der Waals surface area (Å²) < 4.78 is 5.14. The number of carbonyl (C=O) groups excluding carboxylic acids is 2. The number of nitrogens with zero attached hydrogens (tertiary/aromatic N) is 3. The van der Waals surface area contributed by atoms with Crippen molar-refractivity contribution in [2.75, 3.05) is 0 Å². The average molecular weight is 304 g/mol. The fourth-order valence-corrected chi connectivity index (χ4v) is 2.10. The van der Waals surface area contributed by atoms with Crippen LogP contribution in [-0.4, -0.2) is 32.5 Å². The first kappa shape index (κ1) is 14.0. The van der Waals surface area contributed by atoms with Crippen LogP contribution in [0.4, 0.5) is 4.79 Å². The third-order valence-electron chi connectivity index (χ3n) is 2.29. The van der Waals surface area contributed by atoms with Gasteiger partial charge in [-0.25, -0.2) is 19.7 Å². The summed E-state index contributed by atoms with van der Waals surface area (Å²) in [5.74, 6) is -0.578. The van der Waals surface area contributed by atoms with Crippen LogP contribution in [0.1, 0.15) is 36.8 Å². The second-order valence-electron chi connectivity index (χ2n) is 4.98. The molecule has 2 amide bonds. The zero-order valence-electron chi connectivity index (χ0n) is 10.5. The van der Waals surface area contributed by atoms with Gasteiger partial charge in [-0.2, -0.15) is 0 Å². The number of aromatic nitrogens is 2. The van der Waals surface area contributed by atoms with Crippen molar-refractivity contribution in [3.63, 3.8) is 0 Å². The standard InChI is InChI=1S/C11H11Cl2N3O3/c1-11(2,3)19-10(18)16-4-5-6(8(16)17)7(12)15-9(13)14-5/h4H2,1-3H3. The minimum atomic E-state index is -0.748. The van der Waals surface area contributed by atoms with Crippen LogP contribution in [0.25, 0.3) is 0 Å². The zero-order chi connectivity index (χ0) is 14.4. The van der Waals surface area contributed by atoms with Crippen molar-refractivity contribution < 1.29 is 14.3 Å². The number of fused-ring (bicyclic) bond motifs is 1. The summed E-state index contributed by atoms with van der Waals surface area (Å²) in [5.41, 5.74) is -0.281. The van der Waals surface area contributed by atoms with Gasteiger partial charge in [0.15, 0.2) is 0 Å². The van der Waals surface area contributed by atoms with Crippen LogP contribution < -0.4 is 0 Å². The van der Waals surface area contributed by atoms with Crippen molar-refractivity contribution >= 4 is 35.2 Å². The van der Waals surface area contributed by atoms with E-state index in [1.807, 2.05) is 0 Å². The molecule has 0 fully saturated rings. The minimum Gasteiger partial charge on any atom is -0.443 e. The van der Waals surface area contributed by atoms with Crippen LogP contribution in [0.5, 0.6) is 0 Å². The van der Waals surface area contributed by atoms with Gasteiger partial charge in [-0.3, -0.25) is 4.79 Å². The Hall–Kier alpha value is -1.40. The number of ether oxygens (including phenoxy) is 1. The maximum atomic E-state index is 12.1. The zero-order valence-corrected chi connectivity index (χ0v) is 12.0. The Labute approximate surface area is 119 Å². The molecule has 19 heavy (non-hydrogen) atoms. The van der Waals surface area contributed by atoms with Gasteiger partial charge in [0.25, 0.3) is 5.91 Å². The predicted octanol–water partition coefficient (Wildman–Crippen LogP) is 2.67. The van der Waals surface area contributed by atoms with E-state index < -0.39 is 17.6 Å². The summed E-state index contributed by atoms with van der Waals surface area (Å²) in [5, 5.41) is -0.131. The first-order chi connectivity index (χ1) is 8.69. The lowest BCUT2D eigenvalue weighted by molar-refractivity contribution is 0.0247. The number of amides is 2. The lowest BCUT2D eigenvalue weighted by atomic mass is 10.2. The minimum absolute atomic E-state index is 0.0228. The van der Waals surface area contributed by atoms with Crippen LogP contribution >= 0.6 is 23.2 Å². The van der Waals surface area contributed by atoms with E-state index in [-0.39, 0.29) is 22.5 Å². The molecule has 2 rings (SSSR count). The third kappa shape index (κ3) is 2.79. The highest BCUT2D eigenvalue weighted by Crippen LogP contribution is 2.28. The van der Waals surface area contributed by atoms with Crippen molar-refractivity contribution in [3.05, 3.63) is 21.7 Å². The van der Waals surface area contributed by atoms with E-state index in [1.165, 1.54) is 0 Å². The summed E-state index contributed by atoms with van der Waals surface area (Å²) in [4.78, 5) is 32.5. The van der Waals surface area contributed by atoms with Crippen LogP contribution in [0.3, 0.4) is 0 Å². The quantitative estimate of drug-likeness (QED) is 0.544. The number of rotatable bonds is 0. The van der Waals surface area contributed by atoms with Crippen molar-refractivity contribution in [2.24, 2.45) is 0 Å². The summed E-state index contributed by atoms with van der Waals surface area (Å²) in [7, 11) is 0. The molecule has 1 aromatic rings. The Morgan fingerprint density at radius 2 is 1.95 bits per heavy atom. The Morgan fingerprint density at radius 3 is 2.53 bits per heavy atom. The van der Waals surface area contributed by atoms with Gasteiger partial charge in [0.1, 0.15) is 16.3 Å². The van der Waals surface area contributed by atoms with Gasteiger partial charge in [-0.05, 0) is 32.4 Å². The molecule has 1 aliphatic heterocycles. The summed E-state index contributed by atoms with van der Waals surface area (Å²) in [6.45, 7) is 5.11. The van der Waals surface area contributed by atoms with Crippen LogP contribution in [0.2, 0.25) is 10.4 Å². The molecular formula is C11H11Cl2N3O3. The Balaban J connectivity index is 2.29. The number of carbonyl (C=O) groups is 2. The summed E-state index contributed by atoms with van der Waals surface area (Å²) in [6, 6.07) is 0. The van der Waals surface area contributed by atoms with Crippen molar-refractivity contribution in [1.29, 1.82) is 0 Å². The second-order valence-corrected chi connectivity index (χ2v) is 5.67. The van der Waals surface area contributed by atoms with Crippen LogP contribution in [0, 0.1) is 0 Å². The molecule has 0 N–H and O–H groups in total. The Kier molecular flexibility index (Phi) is 3.40. The molecule has 0 saturated heterocycles. The van der Waals surface area contributed by atoms with Gasteiger partial charge >= 0.3 is 6.09 Å². The lowest BCUT2D eigenvalue weighted by Crippen LogP contribution is -2.36. The van der Waals surface area contributed by atoms with E-state index in [2.05, 4.69) is 9.97 Å². The molecule has 2 heterocycles. The Morgan fingerprint density at radius 1 is 1.32 bits per heavy atom. The first-order valence-corrected chi connectivity index (χ1v) is 6.21. The molecule has 0 aliphatic carbocycles. The smallest absolute Gasteiger partial charge is 0.417 e. The largest absolute Gasteiger partial charge is 0.443 e. The lowest BCUT2D eigenvalue weighted by Gasteiger charge is -2.22. The molecule has 6 nitrogen and oxygen atoms in total. The summed E-state index contributed by atoms with van der Waals surface area (Å²) >= 11 is 11.5. The molecule has 0 aromatic carbocycles. The monoisotopic (exact) mass is 303 g/mol. The topological polar surface area (TPSA) is 72.4 Å². The molecule has 0 spiro atoms. The SMILES string of the molecule is CC(C)(C)OC(=O)N1Cc2nc(Cl)nc(Cl)c2C1=O. The number of hydrogen-bond donors (Lipinski definition) is 0. The Bertz CT molecular complexity index is 569. The molecular weight excluding hydrogens is 293 g/mol. The van der Waals surface area contributed by atoms with Gasteiger partial charge in [-0.15, -0.1) is 0 Å². The molecule has 1 aliphatic rings. The van der Waals surface area contributed by atoms with E-state index in [9.17, 15) is 9.59 Å².